The number of benzene rings is 1. The Balaban J connectivity index is 2.18. The molecule has 0 atom stereocenters. The predicted octanol–water partition coefficient (Wildman–Crippen LogP) is 1.48. The minimum absolute atomic E-state index is 0.0308. The van der Waals surface area contributed by atoms with Crippen LogP contribution in [-0.4, -0.2) is 29.3 Å². The first kappa shape index (κ1) is 16.1. The number of aryl methyl sites for hydroxylation is 2. The Kier molecular flexibility index (Phi) is 3.27. The van der Waals surface area contributed by atoms with Crippen LogP contribution in [0.3, 0.4) is 0 Å². The van der Waals surface area contributed by atoms with Crippen molar-refractivity contribution in [3.05, 3.63) is 62.1 Å². The van der Waals surface area contributed by atoms with Crippen LogP contribution < -0.4 is 11.2 Å². The molecule has 0 radical (unpaired) electrons. The fourth-order valence-corrected chi connectivity index (χ4v) is 3.29. The summed E-state index contributed by atoms with van der Waals surface area (Å²) in [6, 6.07) is 7.23. The van der Waals surface area contributed by atoms with Crippen LogP contribution in [0.1, 0.15) is 28.7 Å². The van der Waals surface area contributed by atoms with Gasteiger partial charge in [-0.05, 0) is 32.9 Å². The van der Waals surface area contributed by atoms with Gasteiger partial charge in [0.1, 0.15) is 0 Å². The number of nitrogens with one attached hydrogen (secondary N) is 1. The van der Waals surface area contributed by atoms with E-state index in [-0.39, 0.29) is 5.78 Å². The molecule has 8 heteroatoms. The summed E-state index contributed by atoms with van der Waals surface area (Å²) in [4.78, 5) is 42.9. The maximum absolute atomic E-state index is 12.4. The largest absolute Gasteiger partial charge is 0.329 e. The molecule has 0 saturated carbocycles. The van der Waals surface area contributed by atoms with E-state index in [1.54, 1.807) is 23.6 Å². The SMILES string of the molecule is CC(=O)c1cccc(-n2c(C)c(C)n3c4c(=O)[nH]c(=O)n(C)c4nc23)c1. The Labute approximate surface area is 147 Å². The van der Waals surface area contributed by atoms with Crippen LogP contribution in [-0.2, 0) is 7.05 Å². The Morgan fingerprint density at radius 1 is 1.15 bits per heavy atom. The average molecular weight is 351 g/mol. The number of H-pyrrole nitrogens is 1. The van der Waals surface area contributed by atoms with Crippen LogP contribution in [0, 0.1) is 13.8 Å². The van der Waals surface area contributed by atoms with Gasteiger partial charge in [-0.2, -0.15) is 4.98 Å². The number of fused-ring (bicyclic) bond motifs is 3. The van der Waals surface area contributed by atoms with Gasteiger partial charge in [-0.15, -0.1) is 0 Å². The first-order valence-corrected chi connectivity index (χ1v) is 8.12. The summed E-state index contributed by atoms with van der Waals surface area (Å²) in [5.74, 6) is 0.485. The highest BCUT2D eigenvalue weighted by Crippen LogP contribution is 2.24. The monoisotopic (exact) mass is 351 g/mol. The van der Waals surface area contributed by atoms with Crippen molar-refractivity contribution in [2.45, 2.75) is 20.8 Å². The number of nitrogens with zero attached hydrogens (tertiary/aromatic N) is 4. The smallest absolute Gasteiger partial charge is 0.295 e. The third kappa shape index (κ3) is 2.01. The molecule has 0 fully saturated rings. The van der Waals surface area contributed by atoms with E-state index in [4.69, 9.17) is 0 Å². The number of carbonyl (C=O) groups is 1. The maximum Gasteiger partial charge on any atom is 0.329 e. The van der Waals surface area contributed by atoms with Crippen LogP contribution in [0.2, 0.25) is 0 Å². The van der Waals surface area contributed by atoms with Gasteiger partial charge in [0.05, 0.1) is 0 Å². The number of hydrogen-bond donors (Lipinski definition) is 1. The zero-order valence-corrected chi connectivity index (χ0v) is 14.8. The predicted molar refractivity (Wildman–Crippen MR) is 97.4 cm³/mol. The standard InChI is InChI=1S/C18H17N5O3/c1-9-10(2)23-14-15(21(4)18(26)20-16(14)25)19-17(23)22(9)13-7-5-6-12(8-13)11(3)24/h5-8H,1-4H3,(H,20,25,26). The van der Waals surface area contributed by atoms with Crippen LogP contribution >= 0.6 is 0 Å². The summed E-state index contributed by atoms with van der Waals surface area (Å²) in [5, 5.41) is 0. The van der Waals surface area contributed by atoms with Crippen molar-refractivity contribution in [3.63, 3.8) is 0 Å². The van der Waals surface area contributed by atoms with E-state index in [1.807, 2.05) is 30.5 Å². The number of hydrogen-bond acceptors (Lipinski definition) is 4. The van der Waals surface area contributed by atoms with E-state index in [9.17, 15) is 14.4 Å². The van der Waals surface area contributed by atoms with Crippen LogP contribution in [0.4, 0.5) is 0 Å². The van der Waals surface area contributed by atoms with Crippen molar-refractivity contribution in [3.8, 4) is 5.69 Å². The Bertz CT molecular complexity index is 1330. The number of imidazole rings is 2. The molecular weight excluding hydrogens is 334 g/mol. The van der Waals surface area contributed by atoms with Gasteiger partial charge in [0.2, 0.25) is 5.78 Å². The molecule has 3 aromatic heterocycles. The lowest BCUT2D eigenvalue weighted by molar-refractivity contribution is 0.101. The van der Waals surface area contributed by atoms with Gasteiger partial charge >= 0.3 is 5.69 Å². The molecule has 0 bridgehead atoms. The first-order valence-electron chi connectivity index (χ1n) is 8.12. The quantitative estimate of drug-likeness (QED) is 0.554. The second-order valence-corrected chi connectivity index (χ2v) is 6.35. The van der Waals surface area contributed by atoms with Gasteiger partial charge in [0, 0.05) is 29.7 Å². The summed E-state index contributed by atoms with van der Waals surface area (Å²) in [7, 11) is 1.57. The summed E-state index contributed by atoms with van der Waals surface area (Å²) in [6.07, 6.45) is 0. The molecule has 4 rings (SSSR count). The fraction of sp³-hybridized carbons (Fsp3) is 0.222. The summed E-state index contributed by atoms with van der Waals surface area (Å²) in [6.45, 7) is 5.33. The van der Waals surface area contributed by atoms with Crippen LogP contribution in [0.5, 0.6) is 0 Å². The molecule has 0 unspecified atom stereocenters. The number of aromatic nitrogens is 5. The lowest BCUT2D eigenvalue weighted by Crippen LogP contribution is -2.28. The molecule has 0 aliphatic rings. The number of ketones is 1. The molecule has 0 aliphatic carbocycles. The molecule has 1 N–H and O–H groups in total. The molecule has 0 amide bonds. The number of aromatic amines is 1. The molecule has 4 aromatic rings. The van der Waals surface area contributed by atoms with E-state index >= 15 is 0 Å². The van der Waals surface area contributed by atoms with E-state index < -0.39 is 11.2 Å². The van der Waals surface area contributed by atoms with Gasteiger partial charge in [0.15, 0.2) is 16.9 Å². The van der Waals surface area contributed by atoms with Crippen molar-refractivity contribution in [2.24, 2.45) is 7.05 Å². The van der Waals surface area contributed by atoms with Crippen molar-refractivity contribution in [1.82, 2.24) is 23.5 Å². The minimum Gasteiger partial charge on any atom is -0.295 e. The van der Waals surface area contributed by atoms with Gasteiger partial charge in [-0.25, -0.2) is 4.79 Å². The molecule has 8 nitrogen and oxygen atoms in total. The third-order valence-corrected chi connectivity index (χ3v) is 4.80. The number of Topliss-reactive ketones (excluding diaryl/α,β-unsaturated/α-hetero) is 1. The van der Waals surface area contributed by atoms with Crippen LogP contribution in [0.25, 0.3) is 22.6 Å². The lowest BCUT2D eigenvalue weighted by Gasteiger charge is -2.07. The summed E-state index contributed by atoms with van der Waals surface area (Å²) >= 11 is 0. The zero-order valence-electron chi connectivity index (χ0n) is 14.8. The molecule has 0 spiro atoms. The van der Waals surface area contributed by atoms with Gasteiger partial charge in [0.25, 0.3) is 5.56 Å². The molecule has 1 aromatic carbocycles. The molecular formula is C18H17N5O3. The molecule has 26 heavy (non-hydrogen) atoms. The Hall–Kier alpha value is -3.42. The Morgan fingerprint density at radius 2 is 1.88 bits per heavy atom. The van der Waals surface area contributed by atoms with E-state index in [0.29, 0.717) is 22.5 Å². The molecule has 132 valence electrons. The van der Waals surface area contributed by atoms with Gasteiger partial charge in [-0.3, -0.25) is 28.1 Å². The average Bonchev–Trinajstić information content (AvgIpc) is 3.10. The number of rotatable bonds is 2. The third-order valence-electron chi connectivity index (χ3n) is 4.80. The highest BCUT2D eigenvalue weighted by atomic mass is 16.2. The molecule has 0 saturated heterocycles. The minimum atomic E-state index is -0.511. The summed E-state index contributed by atoms with van der Waals surface area (Å²) < 4.78 is 4.93. The van der Waals surface area contributed by atoms with Crippen molar-refractivity contribution in [2.75, 3.05) is 0 Å². The fourth-order valence-electron chi connectivity index (χ4n) is 3.29. The topological polar surface area (TPSA) is 94.2 Å². The lowest BCUT2D eigenvalue weighted by atomic mass is 10.1. The Morgan fingerprint density at radius 3 is 2.58 bits per heavy atom. The summed E-state index contributed by atoms with van der Waals surface area (Å²) in [5.41, 5.74) is 2.73. The second kappa shape index (κ2) is 5.29. The van der Waals surface area contributed by atoms with E-state index in [1.165, 1.54) is 11.5 Å². The highest BCUT2D eigenvalue weighted by molar-refractivity contribution is 5.94. The zero-order chi connectivity index (χ0) is 18.7. The van der Waals surface area contributed by atoms with Crippen LogP contribution in [0.15, 0.2) is 33.9 Å². The van der Waals surface area contributed by atoms with Crippen molar-refractivity contribution in [1.29, 1.82) is 0 Å². The second-order valence-electron chi connectivity index (χ2n) is 6.35. The van der Waals surface area contributed by atoms with Crippen molar-refractivity contribution < 1.29 is 4.79 Å². The first-order chi connectivity index (χ1) is 12.3. The molecule has 0 aliphatic heterocycles. The van der Waals surface area contributed by atoms with E-state index in [2.05, 4.69) is 9.97 Å². The maximum atomic E-state index is 12.4. The van der Waals surface area contributed by atoms with Gasteiger partial charge < -0.3 is 0 Å². The normalized spacial score (nSPS) is 11.5. The highest BCUT2D eigenvalue weighted by Gasteiger charge is 2.21. The van der Waals surface area contributed by atoms with E-state index in [0.717, 1.165) is 17.1 Å². The molecule has 3 heterocycles. The number of carbonyl (C=O) groups excluding carboxylic acids is 1. The van der Waals surface area contributed by atoms with Crippen molar-refractivity contribution >= 4 is 22.7 Å². The van der Waals surface area contributed by atoms with Gasteiger partial charge in [-0.1, -0.05) is 12.1 Å².